The third-order valence-electron chi connectivity index (χ3n) is 5.26. The van der Waals surface area contributed by atoms with Crippen molar-refractivity contribution in [3.05, 3.63) is 59.5 Å². The molecule has 5 nitrogen and oxygen atoms in total. The highest BCUT2D eigenvalue weighted by Gasteiger charge is 2.34. The quantitative estimate of drug-likeness (QED) is 0.836. The van der Waals surface area contributed by atoms with Crippen LogP contribution in [0, 0.1) is 6.92 Å². The van der Waals surface area contributed by atoms with Gasteiger partial charge in [-0.3, -0.25) is 9.59 Å². The van der Waals surface area contributed by atoms with E-state index < -0.39 is 0 Å². The lowest BCUT2D eigenvalue weighted by Gasteiger charge is -2.38. The summed E-state index contributed by atoms with van der Waals surface area (Å²) in [4.78, 5) is 24.1. The zero-order valence-electron chi connectivity index (χ0n) is 15.2. The van der Waals surface area contributed by atoms with Crippen molar-refractivity contribution >= 4 is 11.8 Å². The van der Waals surface area contributed by atoms with Crippen LogP contribution in [0.4, 0.5) is 0 Å². The SMILES string of the molecule is Cc1cccc(C2(CNC(=O)CNC(=O)c3ccoc3)CCCCC2)c1. The number of rotatable bonds is 6. The molecule has 1 aliphatic rings. The normalized spacial score (nSPS) is 16.0. The molecule has 138 valence electrons. The molecule has 1 fully saturated rings. The second-order valence-corrected chi connectivity index (χ2v) is 7.18. The van der Waals surface area contributed by atoms with Crippen molar-refractivity contribution in [2.24, 2.45) is 0 Å². The number of carbonyl (C=O) groups excluding carboxylic acids is 2. The number of hydrogen-bond acceptors (Lipinski definition) is 3. The van der Waals surface area contributed by atoms with Gasteiger partial charge in [0.15, 0.2) is 0 Å². The Bertz CT molecular complexity index is 746. The minimum absolute atomic E-state index is 0.00546. The highest BCUT2D eigenvalue weighted by molar-refractivity contribution is 5.96. The van der Waals surface area contributed by atoms with Gasteiger partial charge < -0.3 is 15.1 Å². The first kappa shape index (κ1) is 18.2. The molecule has 2 N–H and O–H groups in total. The summed E-state index contributed by atoms with van der Waals surface area (Å²) in [6.45, 7) is 2.68. The van der Waals surface area contributed by atoms with Gasteiger partial charge in [0.1, 0.15) is 6.26 Å². The molecule has 0 radical (unpaired) electrons. The molecule has 0 spiro atoms. The highest BCUT2D eigenvalue weighted by Crippen LogP contribution is 2.39. The summed E-state index contributed by atoms with van der Waals surface area (Å²) >= 11 is 0. The van der Waals surface area contributed by atoms with E-state index in [-0.39, 0.29) is 23.8 Å². The highest BCUT2D eigenvalue weighted by atomic mass is 16.3. The summed E-state index contributed by atoms with van der Waals surface area (Å²) in [7, 11) is 0. The van der Waals surface area contributed by atoms with Gasteiger partial charge in [0.25, 0.3) is 5.91 Å². The maximum atomic E-state index is 12.3. The first-order chi connectivity index (χ1) is 12.6. The van der Waals surface area contributed by atoms with Gasteiger partial charge in [-0.25, -0.2) is 0 Å². The Hall–Kier alpha value is -2.56. The molecule has 3 rings (SSSR count). The average Bonchev–Trinajstić information content (AvgIpc) is 3.20. The van der Waals surface area contributed by atoms with Crippen molar-refractivity contribution in [2.45, 2.75) is 44.4 Å². The number of aryl methyl sites for hydroxylation is 1. The summed E-state index contributed by atoms with van der Waals surface area (Å²) < 4.78 is 4.88. The van der Waals surface area contributed by atoms with Gasteiger partial charge in [0, 0.05) is 12.0 Å². The molecule has 0 atom stereocenters. The molecule has 0 bridgehead atoms. The molecule has 0 aliphatic heterocycles. The maximum absolute atomic E-state index is 12.3. The fourth-order valence-corrected chi connectivity index (χ4v) is 3.76. The predicted octanol–water partition coefficient (Wildman–Crippen LogP) is 3.34. The van der Waals surface area contributed by atoms with Crippen molar-refractivity contribution in [1.82, 2.24) is 10.6 Å². The van der Waals surface area contributed by atoms with Crippen molar-refractivity contribution < 1.29 is 14.0 Å². The third-order valence-corrected chi connectivity index (χ3v) is 5.26. The van der Waals surface area contributed by atoms with Gasteiger partial charge in [0.05, 0.1) is 18.4 Å². The lowest BCUT2D eigenvalue weighted by atomic mass is 9.69. The zero-order chi connectivity index (χ0) is 18.4. The van der Waals surface area contributed by atoms with Gasteiger partial charge in [0.2, 0.25) is 5.91 Å². The van der Waals surface area contributed by atoms with E-state index >= 15 is 0 Å². The van der Waals surface area contributed by atoms with Crippen molar-refractivity contribution in [3.63, 3.8) is 0 Å². The van der Waals surface area contributed by atoms with Crippen molar-refractivity contribution in [3.8, 4) is 0 Å². The molecule has 1 heterocycles. The number of nitrogens with one attached hydrogen (secondary N) is 2. The summed E-state index contributed by atoms with van der Waals surface area (Å²) in [6, 6.07) is 10.2. The predicted molar refractivity (Wildman–Crippen MR) is 100.0 cm³/mol. The molecule has 1 aromatic carbocycles. The van der Waals surface area contributed by atoms with E-state index in [2.05, 4.69) is 41.8 Å². The molecule has 1 aromatic heterocycles. The second-order valence-electron chi connectivity index (χ2n) is 7.18. The van der Waals surface area contributed by atoms with Crippen LogP contribution in [0.1, 0.15) is 53.6 Å². The number of benzene rings is 1. The van der Waals surface area contributed by atoms with E-state index in [0.717, 1.165) is 12.8 Å². The van der Waals surface area contributed by atoms with Crippen LogP contribution in [0.25, 0.3) is 0 Å². The third kappa shape index (κ3) is 4.34. The van der Waals surface area contributed by atoms with Crippen LogP contribution >= 0.6 is 0 Å². The second kappa shape index (κ2) is 8.21. The van der Waals surface area contributed by atoms with Gasteiger partial charge >= 0.3 is 0 Å². The van der Waals surface area contributed by atoms with E-state index in [1.54, 1.807) is 6.07 Å². The van der Waals surface area contributed by atoms with E-state index in [4.69, 9.17) is 4.42 Å². The average molecular weight is 354 g/mol. The summed E-state index contributed by atoms with van der Waals surface area (Å²) in [5.41, 5.74) is 2.96. The lowest BCUT2D eigenvalue weighted by Crippen LogP contribution is -2.45. The molecule has 5 heteroatoms. The monoisotopic (exact) mass is 354 g/mol. The van der Waals surface area contributed by atoms with Gasteiger partial charge in [-0.2, -0.15) is 0 Å². The Balaban J connectivity index is 1.59. The lowest BCUT2D eigenvalue weighted by molar-refractivity contribution is -0.120. The topological polar surface area (TPSA) is 71.3 Å². The zero-order valence-corrected chi connectivity index (χ0v) is 15.2. The maximum Gasteiger partial charge on any atom is 0.254 e. The van der Waals surface area contributed by atoms with E-state index in [0.29, 0.717) is 12.1 Å². The summed E-state index contributed by atoms with van der Waals surface area (Å²) in [5, 5.41) is 5.66. The molecule has 2 amide bonds. The Morgan fingerprint density at radius 2 is 1.92 bits per heavy atom. The van der Waals surface area contributed by atoms with Crippen LogP contribution < -0.4 is 10.6 Å². The van der Waals surface area contributed by atoms with Crippen LogP contribution in [0.2, 0.25) is 0 Å². The van der Waals surface area contributed by atoms with Gasteiger partial charge in [-0.05, 0) is 31.4 Å². The summed E-state index contributed by atoms with van der Waals surface area (Å²) in [5.74, 6) is -0.473. The molecule has 0 unspecified atom stereocenters. The van der Waals surface area contributed by atoms with Crippen molar-refractivity contribution in [1.29, 1.82) is 0 Å². The fourth-order valence-electron chi connectivity index (χ4n) is 3.76. The Morgan fingerprint density at radius 1 is 1.12 bits per heavy atom. The van der Waals surface area contributed by atoms with Crippen LogP contribution in [0.5, 0.6) is 0 Å². The fraction of sp³-hybridized carbons (Fsp3) is 0.429. The van der Waals surface area contributed by atoms with E-state index in [9.17, 15) is 9.59 Å². The number of amides is 2. The Labute approximate surface area is 154 Å². The number of carbonyl (C=O) groups is 2. The Kier molecular flexibility index (Phi) is 5.76. The molecular weight excluding hydrogens is 328 g/mol. The first-order valence-electron chi connectivity index (χ1n) is 9.23. The Morgan fingerprint density at radius 3 is 2.62 bits per heavy atom. The molecular formula is C21H26N2O3. The van der Waals surface area contributed by atoms with Gasteiger partial charge in [-0.15, -0.1) is 0 Å². The number of hydrogen-bond donors (Lipinski definition) is 2. The minimum atomic E-state index is -0.306. The molecule has 26 heavy (non-hydrogen) atoms. The molecule has 1 saturated carbocycles. The van der Waals surface area contributed by atoms with Crippen LogP contribution in [0.3, 0.4) is 0 Å². The van der Waals surface area contributed by atoms with Crippen LogP contribution in [-0.4, -0.2) is 24.9 Å². The summed E-state index contributed by atoms with van der Waals surface area (Å²) in [6.07, 6.45) is 8.58. The van der Waals surface area contributed by atoms with Gasteiger partial charge in [-0.1, -0.05) is 49.1 Å². The molecule has 2 aromatic rings. The van der Waals surface area contributed by atoms with Crippen molar-refractivity contribution in [2.75, 3.05) is 13.1 Å². The first-order valence-corrected chi connectivity index (χ1v) is 9.23. The number of furan rings is 1. The largest absolute Gasteiger partial charge is 0.472 e. The van der Waals surface area contributed by atoms with Crippen LogP contribution in [0.15, 0.2) is 47.3 Å². The van der Waals surface area contributed by atoms with Crippen LogP contribution in [-0.2, 0) is 10.2 Å². The molecule has 0 saturated heterocycles. The van der Waals surface area contributed by atoms with E-state index in [1.165, 1.54) is 42.9 Å². The molecule has 1 aliphatic carbocycles. The smallest absolute Gasteiger partial charge is 0.254 e. The minimum Gasteiger partial charge on any atom is -0.472 e. The van der Waals surface area contributed by atoms with E-state index in [1.807, 2.05) is 0 Å². The standard InChI is InChI=1S/C21H26N2O3/c1-16-6-5-7-18(12-16)21(9-3-2-4-10-21)15-23-19(24)13-22-20(25)17-8-11-26-14-17/h5-8,11-12,14H,2-4,9-10,13,15H2,1H3,(H,22,25)(H,23,24).